The molecular formula is C14H23ClN2. The molecule has 1 aromatic carbocycles. The van der Waals surface area contributed by atoms with Gasteiger partial charge in [0.2, 0.25) is 0 Å². The summed E-state index contributed by atoms with van der Waals surface area (Å²) in [6.45, 7) is 6.52. The number of benzene rings is 1. The van der Waals surface area contributed by atoms with Crippen LogP contribution in [0.15, 0.2) is 24.3 Å². The Morgan fingerprint density at radius 3 is 2.59 bits per heavy atom. The summed E-state index contributed by atoms with van der Waals surface area (Å²) in [6.07, 6.45) is 2.53. The maximum atomic E-state index is 5.70. The molecule has 3 heteroatoms. The summed E-state index contributed by atoms with van der Waals surface area (Å²) in [6, 6.07) is 8.82. The Balaban J connectivity index is 0.00000144. The molecule has 2 nitrogen and oxygen atoms in total. The summed E-state index contributed by atoms with van der Waals surface area (Å²) < 4.78 is 0. The van der Waals surface area contributed by atoms with Crippen molar-refractivity contribution >= 4 is 12.4 Å². The average molecular weight is 255 g/mol. The molecule has 1 aliphatic rings. The van der Waals surface area contributed by atoms with Gasteiger partial charge in [-0.1, -0.05) is 29.8 Å². The van der Waals surface area contributed by atoms with Crippen molar-refractivity contribution in [1.82, 2.24) is 4.90 Å². The van der Waals surface area contributed by atoms with E-state index in [2.05, 4.69) is 36.1 Å². The highest BCUT2D eigenvalue weighted by molar-refractivity contribution is 5.85. The lowest BCUT2D eigenvalue weighted by Crippen LogP contribution is -2.35. The summed E-state index contributed by atoms with van der Waals surface area (Å²) in [7, 11) is 0. The molecule has 1 heterocycles. The van der Waals surface area contributed by atoms with Crippen molar-refractivity contribution in [1.29, 1.82) is 0 Å². The van der Waals surface area contributed by atoms with E-state index in [0.717, 1.165) is 19.0 Å². The number of halogens is 1. The molecule has 1 aromatic rings. The maximum absolute atomic E-state index is 5.70. The highest BCUT2D eigenvalue weighted by atomic mass is 35.5. The van der Waals surface area contributed by atoms with Crippen molar-refractivity contribution in [2.75, 3.05) is 19.6 Å². The van der Waals surface area contributed by atoms with Crippen molar-refractivity contribution in [3.63, 3.8) is 0 Å². The van der Waals surface area contributed by atoms with Crippen LogP contribution in [0.2, 0.25) is 0 Å². The molecule has 0 spiro atoms. The van der Waals surface area contributed by atoms with Crippen molar-refractivity contribution in [2.24, 2.45) is 11.7 Å². The van der Waals surface area contributed by atoms with Crippen LogP contribution in [0, 0.1) is 12.8 Å². The van der Waals surface area contributed by atoms with Crippen molar-refractivity contribution in [3.05, 3.63) is 35.4 Å². The Labute approximate surface area is 111 Å². The zero-order chi connectivity index (χ0) is 11.4. The summed E-state index contributed by atoms with van der Waals surface area (Å²) >= 11 is 0. The second kappa shape index (κ2) is 7.00. The predicted molar refractivity (Wildman–Crippen MR) is 75.5 cm³/mol. The van der Waals surface area contributed by atoms with Gasteiger partial charge in [-0.15, -0.1) is 12.4 Å². The monoisotopic (exact) mass is 254 g/mol. The van der Waals surface area contributed by atoms with Crippen LogP contribution in [0.25, 0.3) is 0 Å². The number of nitrogens with zero attached hydrogens (tertiary/aromatic N) is 1. The number of nitrogens with two attached hydrogens (primary N) is 1. The van der Waals surface area contributed by atoms with E-state index in [9.17, 15) is 0 Å². The second-order valence-corrected chi connectivity index (χ2v) is 4.94. The van der Waals surface area contributed by atoms with Crippen LogP contribution in [0.3, 0.4) is 0 Å². The molecule has 0 atom stereocenters. The zero-order valence-corrected chi connectivity index (χ0v) is 11.4. The van der Waals surface area contributed by atoms with Gasteiger partial charge in [-0.2, -0.15) is 0 Å². The molecule has 96 valence electrons. The first-order chi connectivity index (χ1) is 7.78. The normalized spacial score (nSPS) is 17.8. The zero-order valence-electron chi connectivity index (χ0n) is 10.6. The molecular weight excluding hydrogens is 232 g/mol. The van der Waals surface area contributed by atoms with Gasteiger partial charge in [-0.05, 0) is 50.9 Å². The minimum absolute atomic E-state index is 0. The minimum atomic E-state index is 0. The standard InChI is InChI=1S/C14H22N2.ClH/c1-12-3-2-4-14(9-12)11-16-7-5-13(10-15)6-8-16;/h2-4,9,13H,5-8,10-11,15H2,1H3;1H. The van der Waals surface area contributed by atoms with E-state index in [1.165, 1.54) is 37.1 Å². The summed E-state index contributed by atoms with van der Waals surface area (Å²) in [5.74, 6) is 0.758. The third-order valence-corrected chi connectivity index (χ3v) is 3.53. The van der Waals surface area contributed by atoms with Crippen LogP contribution in [0.1, 0.15) is 24.0 Å². The topological polar surface area (TPSA) is 29.3 Å². The van der Waals surface area contributed by atoms with Gasteiger partial charge in [0.1, 0.15) is 0 Å². The Bertz CT molecular complexity index is 333. The second-order valence-electron chi connectivity index (χ2n) is 4.94. The average Bonchev–Trinajstić information content (AvgIpc) is 2.30. The highest BCUT2D eigenvalue weighted by Crippen LogP contribution is 2.18. The van der Waals surface area contributed by atoms with Gasteiger partial charge < -0.3 is 5.73 Å². The first-order valence-electron chi connectivity index (χ1n) is 6.26. The predicted octanol–water partition coefficient (Wildman–Crippen LogP) is 2.59. The van der Waals surface area contributed by atoms with E-state index in [0.29, 0.717) is 0 Å². The number of hydrogen-bond donors (Lipinski definition) is 1. The lowest BCUT2D eigenvalue weighted by molar-refractivity contribution is 0.180. The fourth-order valence-corrected chi connectivity index (χ4v) is 2.45. The molecule has 0 radical (unpaired) electrons. The van der Waals surface area contributed by atoms with Crippen LogP contribution in [-0.2, 0) is 6.54 Å². The lowest BCUT2D eigenvalue weighted by Gasteiger charge is -2.31. The van der Waals surface area contributed by atoms with Crippen molar-refractivity contribution < 1.29 is 0 Å². The first-order valence-corrected chi connectivity index (χ1v) is 6.26. The van der Waals surface area contributed by atoms with Crippen molar-refractivity contribution in [3.8, 4) is 0 Å². The van der Waals surface area contributed by atoms with E-state index < -0.39 is 0 Å². The van der Waals surface area contributed by atoms with Gasteiger partial charge in [0.15, 0.2) is 0 Å². The lowest BCUT2D eigenvalue weighted by atomic mass is 9.97. The molecule has 0 aromatic heterocycles. The fraction of sp³-hybridized carbons (Fsp3) is 0.571. The van der Waals surface area contributed by atoms with E-state index in [1.54, 1.807) is 0 Å². The number of aryl methyl sites for hydroxylation is 1. The molecule has 1 fully saturated rings. The molecule has 0 aliphatic carbocycles. The largest absolute Gasteiger partial charge is 0.330 e. The number of likely N-dealkylation sites (tertiary alicyclic amines) is 1. The van der Waals surface area contributed by atoms with Gasteiger partial charge in [0.05, 0.1) is 0 Å². The van der Waals surface area contributed by atoms with Gasteiger partial charge in [0, 0.05) is 6.54 Å². The van der Waals surface area contributed by atoms with Gasteiger partial charge in [-0.3, -0.25) is 4.90 Å². The molecule has 0 unspecified atom stereocenters. The molecule has 2 rings (SSSR count). The number of hydrogen-bond acceptors (Lipinski definition) is 2. The molecule has 0 amide bonds. The van der Waals surface area contributed by atoms with Crippen molar-refractivity contribution in [2.45, 2.75) is 26.3 Å². The number of piperidine rings is 1. The third kappa shape index (κ3) is 4.30. The Hall–Kier alpha value is -0.570. The molecule has 2 N–H and O–H groups in total. The van der Waals surface area contributed by atoms with Gasteiger partial charge in [0.25, 0.3) is 0 Å². The van der Waals surface area contributed by atoms with Crippen LogP contribution >= 0.6 is 12.4 Å². The van der Waals surface area contributed by atoms with Crippen LogP contribution in [-0.4, -0.2) is 24.5 Å². The Kier molecular flexibility index (Phi) is 5.96. The van der Waals surface area contributed by atoms with Crippen LogP contribution in [0.5, 0.6) is 0 Å². The molecule has 0 saturated carbocycles. The minimum Gasteiger partial charge on any atom is -0.330 e. The third-order valence-electron chi connectivity index (χ3n) is 3.53. The summed E-state index contributed by atoms with van der Waals surface area (Å²) in [5, 5.41) is 0. The van der Waals surface area contributed by atoms with Crippen LogP contribution < -0.4 is 5.73 Å². The molecule has 1 saturated heterocycles. The van der Waals surface area contributed by atoms with E-state index in [4.69, 9.17) is 5.73 Å². The fourth-order valence-electron chi connectivity index (χ4n) is 2.45. The first kappa shape index (κ1) is 14.5. The number of rotatable bonds is 3. The Morgan fingerprint density at radius 2 is 2.00 bits per heavy atom. The Morgan fingerprint density at radius 1 is 1.29 bits per heavy atom. The van der Waals surface area contributed by atoms with E-state index in [1.807, 2.05) is 0 Å². The van der Waals surface area contributed by atoms with E-state index in [-0.39, 0.29) is 12.4 Å². The molecule has 1 aliphatic heterocycles. The quantitative estimate of drug-likeness (QED) is 0.899. The van der Waals surface area contributed by atoms with Gasteiger partial charge in [-0.25, -0.2) is 0 Å². The van der Waals surface area contributed by atoms with Gasteiger partial charge >= 0.3 is 0 Å². The highest BCUT2D eigenvalue weighted by Gasteiger charge is 2.17. The van der Waals surface area contributed by atoms with Crippen LogP contribution in [0.4, 0.5) is 0 Å². The smallest absolute Gasteiger partial charge is 0.0233 e. The SMILES string of the molecule is Cc1cccc(CN2CCC(CN)CC2)c1.Cl. The molecule has 0 bridgehead atoms. The molecule has 17 heavy (non-hydrogen) atoms. The summed E-state index contributed by atoms with van der Waals surface area (Å²) in [4.78, 5) is 2.54. The van der Waals surface area contributed by atoms with E-state index >= 15 is 0 Å². The summed E-state index contributed by atoms with van der Waals surface area (Å²) in [5.41, 5.74) is 8.49. The maximum Gasteiger partial charge on any atom is 0.0233 e.